The first-order chi connectivity index (χ1) is 11.8. The molecule has 5 heteroatoms. The second kappa shape index (κ2) is 9.85. The third kappa shape index (κ3) is 5.23. The van der Waals surface area contributed by atoms with Crippen molar-refractivity contribution in [2.75, 3.05) is 7.11 Å². The molecule has 0 unspecified atom stereocenters. The molecule has 0 fully saturated rings. The number of hydrogen-bond donors (Lipinski definition) is 1. The molecule has 0 bridgehead atoms. The van der Waals surface area contributed by atoms with Crippen molar-refractivity contribution in [3.63, 3.8) is 0 Å². The molecule has 0 spiro atoms. The van der Waals surface area contributed by atoms with Crippen molar-refractivity contribution in [3.05, 3.63) is 40.5 Å². The van der Waals surface area contributed by atoms with Crippen molar-refractivity contribution < 1.29 is 17.7 Å². The summed E-state index contributed by atoms with van der Waals surface area (Å²) in [6.45, 7) is 12.2. The zero-order valence-electron chi connectivity index (χ0n) is 15.7. The summed E-state index contributed by atoms with van der Waals surface area (Å²) in [5, 5.41) is 8.83. The predicted octanol–water partition coefficient (Wildman–Crippen LogP) is 5.68. The summed E-state index contributed by atoms with van der Waals surface area (Å²) >= 11 is 1.90. The number of rotatable bonds is 9. The standard InChI is InChI=1S/C20H27IO4/c1-7-15-14(5)19(24-6)16(20(25-21)18(15)12(2)3)10-8-13(4)9-11-17(22)23/h8H,2,7,9-11H2,1,3-6H3,(H,22,23)/b13-8+. The number of allylic oxidation sites excluding steroid dienone is 3. The third-order valence-electron chi connectivity index (χ3n) is 4.32. The Balaban J connectivity index is 3.45. The molecule has 0 aliphatic heterocycles. The maximum atomic E-state index is 10.7. The summed E-state index contributed by atoms with van der Waals surface area (Å²) < 4.78 is 11.4. The highest BCUT2D eigenvalue weighted by Crippen LogP contribution is 2.43. The molecule has 0 amide bonds. The van der Waals surface area contributed by atoms with Crippen LogP contribution in [0.15, 0.2) is 18.2 Å². The number of aliphatic carboxylic acids is 1. The lowest BCUT2D eigenvalue weighted by atomic mass is 9.89. The fraction of sp³-hybridized carbons (Fsp3) is 0.450. The van der Waals surface area contributed by atoms with E-state index >= 15 is 0 Å². The largest absolute Gasteiger partial charge is 0.496 e. The second-order valence-electron chi connectivity index (χ2n) is 6.18. The SMILES string of the molecule is C=C(C)c1c(CC)c(C)c(OC)c(C/C=C(\C)CCC(=O)O)c1OI. The number of halogens is 1. The molecule has 0 saturated heterocycles. The Morgan fingerprint density at radius 3 is 2.32 bits per heavy atom. The predicted molar refractivity (Wildman–Crippen MR) is 111 cm³/mol. The average molecular weight is 458 g/mol. The van der Waals surface area contributed by atoms with Gasteiger partial charge < -0.3 is 12.9 Å². The lowest BCUT2D eigenvalue weighted by Crippen LogP contribution is -2.05. The molecule has 0 saturated carbocycles. The third-order valence-corrected chi connectivity index (χ3v) is 4.76. The zero-order valence-corrected chi connectivity index (χ0v) is 17.8. The Morgan fingerprint density at radius 1 is 1.24 bits per heavy atom. The van der Waals surface area contributed by atoms with Gasteiger partial charge >= 0.3 is 5.97 Å². The van der Waals surface area contributed by atoms with Crippen molar-refractivity contribution in [1.29, 1.82) is 0 Å². The molecule has 0 radical (unpaired) electrons. The van der Waals surface area contributed by atoms with Crippen LogP contribution in [0.2, 0.25) is 0 Å². The van der Waals surface area contributed by atoms with Crippen LogP contribution in [0.3, 0.4) is 0 Å². The van der Waals surface area contributed by atoms with Gasteiger partial charge in [-0.05, 0) is 56.7 Å². The van der Waals surface area contributed by atoms with E-state index in [0.717, 1.165) is 45.8 Å². The normalized spacial score (nSPS) is 11.4. The molecule has 1 N–H and O–H groups in total. The van der Waals surface area contributed by atoms with Crippen molar-refractivity contribution in [2.45, 2.75) is 53.4 Å². The lowest BCUT2D eigenvalue weighted by molar-refractivity contribution is -0.136. The number of benzene rings is 1. The molecule has 1 aromatic rings. The Labute approximate surface area is 164 Å². The van der Waals surface area contributed by atoms with Gasteiger partial charge in [-0.2, -0.15) is 0 Å². The van der Waals surface area contributed by atoms with E-state index in [1.807, 2.05) is 42.9 Å². The first-order valence-electron chi connectivity index (χ1n) is 8.32. The molecule has 25 heavy (non-hydrogen) atoms. The molecular formula is C20H27IO4. The van der Waals surface area contributed by atoms with Crippen LogP contribution in [0, 0.1) is 6.92 Å². The van der Waals surface area contributed by atoms with E-state index in [0.29, 0.717) is 12.8 Å². The van der Waals surface area contributed by atoms with E-state index < -0.39 is 5.97 Å². The van der Waals surface area contributed by atoms with Gasteiger partial charge in [-0.25, -0.2) is 0 Å². The highest BCUT2D eigenvalue weighted by atomic mass is 127. The van der Waals surface area contributed by atoms with Crippen LogP contribution in [0.5, 0.6) is 11.5 Å². The Kier molecular flexibility index (Phi) is 8.48. The minimum Gasteiger partial charge on any atom is -0.496 e. The number of carboxylic acids is 1. The van der Waals surface area contributed by atoms with E-state index in [1.165, 1.54) is 5.56 Å². The molecule has 0 aromatic heterocycles. The molecule has 0 atom stereocenters. The molecule has 138 valence electrons. The maximum absolute atomic E-state index is 10.7. The molecule has 0 aliphatic carbocycles. The van der Waals surface area contributed by atoms with Crippen molar-refractivity contribution >= 4 is 34.5 Å². The minimum absolute atomic E-state index is 0.139. The highest BCUT2D eigenvalue weighted by molar-refractivity contribution is 14.1. The van der Waals surface area contributed by atoms with Crippen molar-refractivity contribution in [3.8, 4) is 11.5 Å². The molecule has 0 aliphatic rings. The van der Waals surface area contributed by atoms with E-state index in [4.69, 9.17) is 12.9 Å². The second-order valence-corrected chi connectivity index (χ2v) is 6.62. The van der Waals surface area contributed by atoms with Crippen LogP contribution in [-0.2, 0) is 17.6 Å². The monoisotopic (exact) mass is 458 g/mol. The van der Waals surface area contributed by atoms with E-state index in [2.05, 4.69) is 20.4 Å². The summed E-state index contributed by atoms with van der Waals surface area (Å²) in [6, 6.07) is 0. The van der Waals surface area contributed by atoms with E-state index in [1.54, 1.807) is 7.11 Å². The number of carboxylic acid groups (broad SMARTS) is 1. The van der Waals surface area contributed by atoms with Gasteiger partial charge in [0, 0.05) is 17.5 Å². The van der Waals surface area contributed by atoms with Gasteiger partial charge in [0.2, 0.25) is 0 Å². The van der Waals surface area contributed by atoms with Crippen LogP contribution in [0.25, 0.3) is 5.57 Å². The van der Waals surface area contributed by atoms with Crippen LogP contribution >= 0.6 is 23.0 Å². The smallest absolute Gasteiger partial charge is 0.303 e. The molecule has 4 nitrogen and oxygen atoms in total. The van der Waals surface area contributed by atoms with Gasteiger partial charge in [-0.3, -0.25) is 4.79 Å². The zero-order chi connectivity index (χ0) is 19.1. The highest BCUT2D eigenvalue weighted by Gasteiger charge is 2.22. The summed E-state index contributed by atoms with van der Waals surface area (Å²) in [5.41, 5.74) is 6.30. The van der Waals surface area contributed by atoms with Crippen LogP contribution in [0.4, 0.5) is 0 Å². The fourth-order valence-electron chi connectivity index (χ4n) is 3.06. The quantitative estimate of drug-likeness (QED) is 0.382. The van der Waals surface area contributed by atoms with Crippen molar-refractivity contribution in [2.24, 2.45) is 0 Å². The molecule has 0 heterocycles. The van der Waals surface area contributed by atoms with Gasteiger partial charge in [-0.1, -0.05) is 25.2 Å². The topological polar surface area (TPSA) is 55.8 Å². The van der Waals surface area contributed by atoms with Gasteiger partial charge in [0.05, 0.1) is 7.11 Å². The Bertz CT molecular complexity index is 690. The summed E-state index contributed by atoms with van der Waals surface area (Å²) in [4.78, 5) is 10.7. The molecule has 1 aromatic carbocycles. The average Bonchev–Trinajstić information content (AvgIpc) is 2.56. The fourth-order valence-corrected chi connectivity index (χ4v) is 3.55. The van der Waals surface area contributed by atoms with Crippen LogP contribution < -0.4 is 7.80 Å². The number of methoxy groups -OCH3 is 1. The van der Waals surface area contributed by atoms with Gasteiger partial charge in [-0.15, -0.1) is 0 Å². The summed E-state index contributed by atoms with van der Waals surface area (Å²) in [6.07, 6.45) is 4.22. The lowest BCUT2D eigenvalue weighted by Gasteiger charge is -2.22. The van der Waals surface area contributed by atoms with Crippen LogP contribution in [-0.4, -0.2) is 18.2 Å². The Hall–Kier alpha value is -1.50. The molecule has 1 rings (SSSR count). The van der Waals surface area contributed by atoms with Crippen LogP contribution in [0.1, 0.15) is 55.9 Å². The number of hydrogen-bond acceptors (Lipinski definition) is 3. The van der Waals surface area contributed by atoms with E-state index in [9.17, 15) is 4.79 Å². The first-order valence-corrected chi connectivity index (χ1v) is 9.20. The Morgan fingerprint density at radius 2 is 1.88 bits per heavy atom. The number of carbonyl (C=O) groups is 1. The summed E-state index contributed by atoms with van der Waals surface area (Å²) in [5.74, 6) is 0.833. The van der Waals surface area contributed by atoms with Gasteiger partial charge in [0.15, 0.2) is 23.0 Å². The first kappa shape index (κ1) is 21.5. The van der Waals surface area contributed by atoms with Gasteiger partial charge in [0.1, 0.15) is 11.5 Å². The number of ether oxygens (including phenoxy) is 1. The van der Waals surface area contributed by atoms with E-state index in [-0.39, 0.29) is 6.42 Å². The summed E-state index contributed by atoms with van der Waals surface area (Å²) in [7, 11) is 1.67. The minimum atomic E-state index is -0.783. The van der Waals surface area contributed by atoms with Crippen molar-refractivity contribution in [1.82, 2.24) is 0 Å². The van der Waals surface area contributed by atoms with Gasteiger partial charge in [0.25, 0.3) is 0 Å². The maximum Gasteiger partial charge on any atom is 0.303 e. The molecular weight excluding hydrogens is 431 g/mol.